The summed E-state index contributed by atoms with van der Waals surface area (Å²) in [6, 6.07) is -1.28. The first-order valence-electron chi connectivity index (χ1n) is 8.98. The Bertz CT molecular complexity index is 621. The van der Waals surface area contributed by atoms with Crippen LogP contribution in [-0.4, -0.2) is 71.3 Å². The van der Waals surface area contributed by atoms with E-state index in [1.807, 2.05) is 0 Å². The van der Waals surface area contributed by atoms with Gasteiger partial charge >= 0.3 is 12.1 Å². The van der Waals surface area contributed by atoms with Crippen LogP contribution in [0.15, 0.2) is 0 Å². The Morgan fingerprint density at radius 3 is 2.45 bits per heavy atom. The Kier molecular flexibility index (Phi) is 9.49. The molecular weight excluding hydrogens is 433 g/mol. The van der Waals surface area contributed by atoms with E-state index in [2.05, 4.69) is 45.6 Å². The maximum absolute atomic E-state index is 14.7. The molecule has 1 aliphatic heterocycles. The topological polar surface area (TPSA) is 56.8 Å². The Morgan fingerprint density at radius 1 is 1.31 bits per heavy atom. The Hall–Kier alpha value is -0.798. The third-order valence-corrected chi connectivity index (χ3v) is 9.57. The lowest BCUT2D eigenvalue weighted by Crippen LogP contribution is -2.44. The second kappa shape index (κ2) is 10.5. The SMILES string of the molecule is CC(C)(C)[Si](C)(C)OC[C@H]1O[C@@H]([B]C#CCNC(=O)C(F)(F)F)C(F)C1OCCl. The zero-order chi connectivity index (χ0) is 22.5. The molecule has 0 aliphatic carbocycles. The van der Waals surface area contributed by atoms with Gasteiger partial charge in [0.05, 0.1) is 19.2 Å². The van der Waals surface area contributed by atoms with Crippen LogP contribution in [0, 0.1) is 11.7 Å². The summed E-state index contributed by atoms with van der Waals surface area (Å²) in [5.41, 5.74) is 0. The van der Waals surface area contributed by atoms with Crippen LogP contribution in [0.25, 0.3) is 0 Å². The highest BCUT2D eigenvalue weighted by molar-refractivity contribution is 6.74. The molecule has 1 radical (unpaired) electrons. The molecule has 1 amide bonds. The third kappa shape index (κ3) is 7.75. The average molecular weight is 459 g/mol. The van der Waals surface area contributed by atoms with Crippen molar-refractivity contribution in [2.24, 2.45) is 0 Å². The van der Waals surface area contributed by atoms with Crippen molar-refractivity contribution in [3.8, 4) is 11.7 Å². The van der Waals surface area contributed by atoms with Crippen molar-refractivity contribution in [1.29, 1.82) is 0 Å². The van der Waals surface area contributed by atoms with E-state index in [0.29, 0.717) is 0 Å². The van der Waals surface area contributed by atoms with E-state index in [-0.39, 0.29) is 17.7 Å². The number of nitrogens with one attached hydrogen (secondary N) is 1. The van der Waals surface area contributed by atoms with Gasteiger partial charge in [0.25, 0.3) is 7.28 Å². The van der Waals surface area contributed by atoms with E-state index in [4.69, 9.17) is 25.5 Å². The summed E-state index contributed by atoms with van der Waals surface area (Å²) in [5.74, 6) is 2.61. The van der Waals surface area contributed by atoms with Crippen molar-refractivity contribution in [2.75, 3.05) is 19.2 Å². The number of hydrogen-bond acceptors (Lipinski definition) is 4. The van der Waals surface area contributed by atoms with E-state index in [9.17, 15) is 22.4 Å². The summed E-state index contributed by atoms with van der Waals surface area (Å²) in [5, 5.41) is 1.56. The fraction of sp³-hybridized carbons (Fsp3) is 0.824. The second-order valence-corrected chi connectivity index (χ2v) is 13.1. The molecule has 2 unspecified atom stereocenters. The van der Waals surface area contributed by atoms with Crippen LogP contribution in [-0.2, 0) is 18.7 Å². The molecule has 4 atom stereocenters. The molecule has 0 aromatic heterocycles. The number of amides is 1. The van der Waals surface area contributed by atoms with Crippen LogP contribution in [0.3, 0.4) is 0 Å². The molecule has 0 aromatic carbocycles. The number of rotatable bonds is 7. The van der Waals surface area contributed by atoms with Crippen LogP contribution < -0.4 is 5.32 Å². The summed E-state index contributed by atoms with van der Waals surface area (Å²) < 4.78 is 67.9. The van der Waals surface area contributed by atoms with Crippen LogP contribution in [0.1, 0.15) is 20.8 Å². The highest BCUT2D eigenvalue weighted by Crippen LogP contribution is 2.37. The predicted molar refractivity (Wildman–Crippen MR) is 105 cm³/mol. The van der Waals surface area contributed by atoms with Gasteiger partial charge < -0.3 is 19.2 Å². The van der Waals surface area contributed by atoms with Crippen LogP contribution in [0.2, 0.25) is 18.1 Å². The molecule has 1 saturated heterocycles. The normalized spacial score (nSPS) is 25.3. The standard InChI is InChI=1S/C17H26BClF4NO4Si/c1-16(2,3)29(4,5)27-9-11-13(26-10-19)12(20)14(28-11)18-7-6-8-24-15(25)17(21,22)23/h11-14H,8-10H2,1-5H3,(H,24,25)/t11-,12?,13?,14-/m1/s1. The van der Waals surface area contributed by atoms with Gasteiger partial charge in [-0.3, -0.25) is 4.79 Å². The summed E-state index contributed by atoms with van der Waals surface area (Å²) >= 11 is 5.59. The quantitative estimate of drug-likeness (QED) is 0.276. The zero-order valence-electron chi connectivity index (χ0n) is 17.0. The Labute approximate surface area is 175 Å². The molecule has 165 valence electrons. The van der Waals surface area contributed by atoms with Gasteiger partial charge in [-0.25, -0.2) is 4.39 Å². The molecule has 0 saturated carbocycles. The van der Waals surface area contributed by atoms with Gasteiger partial charge in [-0.1, -0.05) is 38.3 Å². The average Bonchev–Trinajstić information content (AvgIpc) is 2.87. The number of alkyl halides is 5. The van der Waals surface area contributed by atoms with Crippen molar-refractivity contribution < 1.29 is 36.3 Å². The third-order valence-electron chi connectivity index (χ3n) is 4.94. The maximum atomic E-state index is 14.7. The fourth-order valence-corrected chi connectivity index (χ4v) is 3.37. The summed E-state index contributed by atoms with van der Waals surface area (Å²) in [7, 11) is -0.911. The molecule has 0 bridgehead atoms. The molecule has 29 heavy (non-hydrogen) atoms. The second-order valence-electron chi connectivity index (χ2n) is 8.06. The van der Waals surface area contributed by atoms with Gasteiger partial charge in [-0.2, -0.15) is 19.0 Å². The zero-order valence-corrected chi connectivity index (χ0v) is 18.8. The number of hydrogen-bond donors (Lipinski definition) is 1. The van der Waals surface area contributed by atoms with Gasteiger partial charge in [0.15, 0.2) is 8.32 Å². The van der Waals surface area contributed by atoms with Crippen molar-refractivity contribution in [3.05, 3.63) is 0 Å². The minimum Gasteiger partial charge on any atom is -0.414 e. The lowest BCUT2D eigenvalue weighted by molar-refractivity contribution is -0.173. The first-order valence-corrected chi connectivity index (χ1v) is 12.4. The molecule has 0 spiro atoms. The van der Waals surface area contributed by atoms with Gasteiger partial charge in [0.1, 0.15) is 24.4 Å². The van der Waals surface area contributed by atoms with Crippen molar-refractivity contribution in [1.82, 2.24) is 5.32 Å². The minimum atomic E-state index is -4.98. The summed E-state index contributed by atoms with van der Waals surface area (Å²) in [6.45, 7) is 9.92. The van der Waals surface area contributed by atoms with Gasteiger partial charge in [-0.05, 0) is 18.1 Å². The summed E-state index contributed by atoms with van der Waals surface area (Å²) in [4.78, 5) is 10.7. The molecule has 1 aliphatic rings. The molecule has 1 fully saturated rings. The minimum absolute atomic E-state index is 0.0403. The van der Waals surface area contributed by atoms with E-state index in [1.54, 1.807) is 5.32 Å². The van der Waals surface area contributed by atoms with Gasteiger partial charge in [0, 0.05) is 0 Å². The smallest absolute Gasteiger partial charge is 0.414 e. The monoisotopic (exact) mass is 458 g/mol. The summed E-state index contributed by atoms with van der Waals surface area (Å²) in [6.07, 6.45) is -8.20. The number of ether oxygens (including phenoxy) is 2. The molecule has 0 aromatic rings. The van der Waals surface area contributed by atoms with Gasteiger partial charge in [0.2, 0.25) is 0 Å². The number of carbonyl (C=O) groups excluding carboxylic acids is 1. The van der Waals surface area contributed by atoms with E-state index < -0.39 is 51.3 Å². The van der Waals surface area contributed by atoms with Gasteiger partial charge in [-0.15, -0.1) is 0 Å². The molecule has 12 heteroatoms. The maximum Gasteiger partial charge on any atom is 0.471 e. The molecule has 1 rings (SSSR count). The highest BCUT2D eigenvalue weighted by Gasteiger charge is 2.47. The molecule has 1 N–H and O–H groups in total. The van der Waals surface area contributed by atoms with Crippen molar-refractivity contribution in [3.63, 3.8) is 0 Å². The predicted octanol–water partition coefficient (Wildman–Crippen LogP) is 3.00. The molecular formula is C17H26BClF4NO4Si. The first-order chi connectivity index (χ1) is 13.2. The van der Waals surface area contributed by atoms with Crippen molar-refractivity contribution >= 4 is 33.1 Å². The first kappa shape index (κ1) is 26.2. The van der Waals surface area contributed by atoms with Crippen molar-refractivity contribution in [2.45, 2.75) is 69.5 Å². The van der Waals surface area contributed by atoms with Crippen LogP contribution in [0.4, 0.5) is 17.6 Å². The van der Waals surface area contributed by atoms with E-state index in [1.165, 1.54) is 7.28 Å². The number of carbonyl (C=O) groups is 1. The largest absolute Gasteiger partial charge is 0.471 e. The Balaban J connectivity index is 2.64. The lowest BCUT2D eigenvalue weighted by Gasteiger charge is -2.37. The van der Waals surface area contributed by atoms with Crippen LogP contribution in [0.5, 0.6) is 0 Å². The van der Waals surface area contributed by atoms with E-state index >= 15 is 0 Å². The highest BCUT2D eigenvalue weighted by atomic mass is 35.5. The Morgan fingerprint density at radius 2 is 1.93 bits per heavy atom. The molecule has 1 heterocycles. The fourth-order valence-electron chi connectivity index (χ4n) is 2.21. The lowest BCUT2D eigenvalue weighted by atomic mass is 9.70. The van der Waals surface area contributed by atoms with E-state index in [0.717, 1.165) is 0 Å². The number of halogens is 5. The van der Waals surface area contributed by atoms with Crippen LogP contribution >= 0.6 is 11.6 Å². The molecule has 5 nitrogen and oxygen atoms in total.